The Bertz CT molecular complexity index is 2030. The molecule has 0 aromatic carbocycles. The summed E-state index contributed by atoms with van der Waals surface area (Å²) in [7, 11) is 0. The lowest BCUT2D eigenvalue weighted by Crippen LogP contribution is -2.24. The summed E-state index contributed by atoms with van der Waals surface area (Å²) in [5, 5.41) is 10.9. The van der Waals surface area contributed by atoms with E-state index in [1.54, 1.807) is 78.2 Å². The Labute approximate surface area is 347 Å². The SMILES string of the molecule is CC(C)(C)OC(=O)c1ccc(Cl)nc1Cl.CC1(CC(=O)COc2ccn(-c3ccc(C(=O)OC(C)(C)C)c(Cl)n3)n2)CC1.CC1(CC(=O)COc2ccn[nH]2)CC1. The zero-order valence-electron chi connectivity index (χ0n) is 33.4. The van der Waals surface area contributed by atoms with Crippen LogP contribution in [0.2, 0.25) is 15.5 Å². The van der Waals surface area contributed by atoms with E-state index in [1.807, 2.05) is 0 Å². The van der Waals surface area contributed by atoms with Crippen LogP contribution in [0.25, 0.3) is 5.82 Å². The van der Waals surface area contributed by atoms with E-state index in [0.717, 1.165) is 12.8 Å². The summed E-state index contributed by atoms with van der Waals surface area (Å²) in [4.78, 5) is 55.1. The summed E-state index contributed by atoms with van der Waals surface area (Å²) in [5.74, 6) is 0.490. The molecule has 0 atom stereocenters. The Kier molecular flexibility index (Phi) is 14.9. The minimum absolute atomic E-state index is 0.00162. The van der Waals surface area contributed by atoms with Crippen molar-refractivity contribution in [2.24, 2.45) is 10.8 Å². The monoisotopic (exact) mass is 846 g/mol. The van der Waals surface area contributed by atoms with Crippen LogP contribution in [0.15, 0.2) is 48.8 Å². The quantitative estimate of drug-likeness (QED) is 0.1000. The number of ketones is 2. The molecular formula is C40H49Cl3N6O8. The molecule has 0 unspecified atom stereocenters. The summed E-state index contributed by atoms with van der Waals surface area (Å²) in [5.41, 5.74) is -0.342. The largest absolute Gasteiger partial charge is 0.470 e. The molecule has 0 aliphatic heterocycles. The highest BCUT2D eigenvalue weighted by molar-refractivity contribution is 6.34. The predicted molar refractivity (Wildman–Crippen MR) is 214 cm³/mol. The van der Waals surface area contributed by atoms with Crippen LogP contribution in [0.3, 0.4) is 0 Å². The highest BCUT2D eigenvalue weighted by atomic mass is 35.5. The molecule has 0 amide bonds. The van der Waals surface area contributed by atoms with Crippen molar-refractivity contribution in [2.75, 3.05) is 13.2 Å². The van der Waals surface area contributed by atoms with Crippen LogP contribution >= 0.6 is 34.8 Å². The second-order valence-electron chi connectivity index (χ2n) is 16.6. The van der Waals surface area contributed by atoms with Gasteiger partial charge in [-0.25, -0.2) is 29.3 Å². The zero-order valence-corrected chi connectivity index (χ0v) is 35.7. The molecule has 2 aliphatic rings. The zero-order chi connectivity index (χ0) is 42.2. The van der Waals surface area contributed by atoms with E-state index >= 15 is 0 Å². The van der Waals surface area contributed by atoms with Crippen molar-refractivity contribution in [2.45, 2.75) is 105 Å². The Morgan fingerprint density at radius 2 is 1.23 bits per heavy atom. The number of ether oxygens (including phenoxy) is 4. The van der Waals surface area contributed by atoms with Crippen molar-refractivity contribution in [3.05, 3.63) is 75.4 Å². The van der Waals surface area contributed by atoms with Gasteiger partial charge in [0.05, 0.1) is 17.3 Å². The van der Waals surface area contributed by atoms with Gasteiger partial charge in [-0.15, -0.1) is 5.10 Å². The molecule has 308 valence electrons. The number of Topliss-reactive ketones (excluding diaryl/α,β-unsaturated/α-hetero) is 2. The third kappa shape index (κ3) is 15.7. The highest BCUT2D eigenvalue weighted by Crippen LogP contribution is 2.48. The van der Waals surface area contributed by atoms with Crippen molar-refractivity contribution in [3.8, 4) is 17.6 Å². The van der Waals surface area contributed by atoms with E-state index in [4.69, 9.17) is 53.8 Å². The van der Waals surface area contributed by atoms with Gasteiger partial charge in [0.15, 0.2) is 17.4 Å². The standard InChI is InChI=1S/C20H24ClN3O4.C10H11Cl2NO2.C10H14N2O2/c1-19(2,3)28-18(26)14-5-6-15(22-17(14)21)24-10-7-16(23-24)27-12-13(25)11-20(4)8-9-20;1-10(2,3)15-9(14)6-4-5-7(11)13-8(6)12;1-10(3-4-10)6-8(13)7-14-9-2-5-11-12-9/h5-7,10H,8-9,11-12H2,1-4H3;4-5H,1-3H3;2,5H,3-4,6-7H2,1H3,(H,11,12). The number of halogens is 3. The van der Waals surface area contributed by atoms with Gasteiger partial charge < -0.3 is 18.9 Å². The molecule has 17 heteroatoms. The lowest BCUT2D eigenvalue weighted by Gasteiger charge is -2.19. The summed E-state index contributed by atoms with van der Waals surface area (Å²) in [6.45, 7) is 15.1. The van der Waals surface area contributed by atoms with Crippen LogP contribution in [0, 0.1) is 10.8 Å². The molecule has 0 radical (unpaired) electrons. The minimum Gasteiger partial charge on any atom is -0.470 e. The van der Waals surface area contributed by atoms with Crippen molar-refractivity contribution in [3.63, 3.8) is 0 Å². The molecule has 4 aromatic rings. The van der Waals surface area contributed by atoms with Crippen LogP contribution in [-0.4, -0.2) is 77.9 Å². The van der Waals surface area contributed by atoms with Crippen molar-refractivity contribution in [1.29, 1.82) is 0 Å². The maximum Gasteiger partial charge on any atom is 0.341 e. The second-order valence-corrected chi connectivity index (χ2v) is 17.7. The van der Waals surface area contributed by atoms with Gasteiger partial charge in [0, 0.05) is 31.2 Å². The lowest BCUT2D eigenvalue weighted by atomic mass is 10.0. The number of rotatable bonds is 13. The molecule has 0 saturated heterocycles. The van der Waals surface area contributed by atoms with Crippen LogP contribution in [-0.2, 0) is 19.1 Å². The first-order valence-electron chi connectivity index (χ1n) is 18.3. The lowest BCUT2D eigenvalue weighted by molar-refractivity contribution is -0.122. The molecule has 2 saturated carbocycles. The average Bonchev–Trinajstić information content (AvgIpc) is 3.81. The van der Waals surface area contributed by atoms with E-state index in [-0.39, 0.29) is 62.2 Å². The molecular weight excluding hydrogens is 799 g/mol. The first-order chi connectivity index (χ1) is 26.5. The van der Waals surface area contributed by atoms with Crippen LogP contribution in [0.4, 0.5) is 0 Å². The number of hydrogen-bond donors (Lipinski definition) is 1. The van der Waals surface area contributed by atoms with Gasteiger partial charge in [-0.3, -0.25) is 9.59 Å². The van der Waals surface area contributed by atoms with Gasteiger partial charge in [-0.2, -0.15) is 5.10 Å². The number of aromatic amines is 1. The smallest absolute Gasteiger partial charge is 0.341 e. The predicted octanol–water partition coefficient (Wildman–Crippen LogP) is 8.91. The Morgan fingerprint density at radius 1 is 0.719 bits per heavy atom. The number of aromatic nitrogens is 6. The fourth-order valence-corrected chi connectivity index (χ4v) is 5.57. The summed E-state index contributed by atoms with van der Waals surface area (Å²) < 4.78 is 22.6. The molecule has 4 aromatic heterocycles. The molecule has 1 N–H and O–H groups in total. The van der Waals surface area contributed by atoms with E-state index in [0.29, 0.717) is 30.4 Å². The van der Waals surface area contributed by atoms with Gasteiger partial charge in [-0.1, -0.05) is 48.7 Å². The average molecular weight is 848 g/mol. The molecule has 2 fully saturated rings. The second kappa shape index (κ2) is 18.8. The van der Waals surface area contributed by atoms with Gasteiger partial charge in [0.25, 0.3) is 0 Å². The van der Waals surface area contributed by atoms with E-state index in [1.165, 1.54) is 29.7 Å². The summed E-state index contributed by atoms with van der Waals surface area (Å²) in [6, 6.07) is 9.48. The number of H-pyrrole nitrogens is 1. The first kappa shape index (κ1) is 45.2. The number of nitrogens with one attached hydrogen (secondary N) is 1. The maximum atomic E-state index is 12.2. The third-order valence-electron chi connectivity index (χ3n) is 8.39. The van der Waals surface area contributed by atoms with E-state index < -0.39 is 23.1 Å². The topological polar surface area (TPSA) is 177 Å². The fraction of sp³-hybridized carbons (Fsp3) is 0.500. The minimum atomic E-state index is -0.623. The fourth-order valence-electron chi connectivity index (χ4n) is 4.92. The van der Waals surface area contributed by atoms with Gasteiger partial charge >= 0.3 is 11.9 Å². The molecule has 4 heterocycles. The molecule has 14 nitrogen and oxygen atoms in total. The number of carbonyl (C=O) groups is 4. The normalized spacial score (nSPS) is 14.8. The third-order valence-corrected chi connectivity index (χ3v) is 9.17. The molecule has 0 bridgehead atoms. The Balaban J connectivity index is 0.000000209. The van der Waals surface area contributed by atoms with Crippen molar-refractivity contribution >= 4 is 58.3 Å². The highest BCUT2D eigenvalue weighted by Gasteiger charge is 2.39. The van der Waals surface area contributed by atoms with Crippen molar-refractivity contribution in [1.82, 2.24) is 29.9 Å². The Morgan fingerprint density at radius 3 is 1.68 bits per heavy atom. The van der Waals surface area contributed by atoms with Crippen LogP contribution in [0.5, 0.6) is 11.8 Å². The number of hydrogen-bond acceptors (Lipinski definition) is 12. The number of pyridine rings is 2. The Hall–Kier alpha value is -4.53. The summed E-state index contributed by atoms with van der Waals surface area (Å²) in [6.07, 6.45) is 8.96. The van der Waals surface area contributed by atoms with Gasteiger partial charge in [0.2, 0.25) is 11.8 Å². The molecule has 6 rings (SSSR count). The van der Waals surface area contributed by atoms with Crippen LogP contribution < -0.4 is 9.47 Å². The molecule has 2 aliphatic carbocycles. The van der Waals surface area contributed by atoms with Gasteiger partial charge in [-0.05, 0) is 102 Å². The number of esters is 2. The maximum absolute atomic E-state index is 12.2. The van der Waals surface area contributed by atoms with Gasteiger partial charge in [0.1, 0.15) is 39.9 Å². The molecule has 57 heavy (non-hydrogen) atoms. The first-order valence-corrected chi connectivity index (χ1v) is 19.5. The number of nitrogens with zero attached hydrogens (tertiary/aromatic N) is 5. The van der Waals surface area contributed by atoms with E-state index in [9.17, 15) is 19.2 Å². The summed E-state index contributed by atoms with van der Waals surface area (Å²) >= 11 is 17.5. The molecule has 0 spiro atoms. The number of carbonyl (C=O) groups excluding carboxylic acids is 4. The van der Waals surface area contributed by atoms with E-state index in [2.05, 4.69) is 39.1 Å². The van der Waals surface area contributed by atoms with Crippen molar-refractivity contribution < 1.29 is 38.1 Å². The van der Waals surface area contributed by atoms with Crippen LogP contribution in [0.1, 0.15) is 115 Å².